The summed E-state index contributed by atoms with van der Waals surface area (Å²) in [6.07, 6.45) is -12.0. The molecule has 0 aromatic heterocycles. The van der Waals surface area contributed by atoms with Gasteiger partial charge in [0.1, 0.15) is 5.75 Å². The van der Waals surface area contributed by atoms with E-state index in [0.717, 1.165) is 22.3 Å². The van der Waals surface area contributed by atoms with Gasteiger partial charge in [0.15, 0.2) is 0 Å². The predicted molar refractivity (Wildman–Crippen MR) is 102 cm³/mol. The lowest BCUT2D eigenvalue weighted by Gasteiger charge is -2.46. The van der Waals surface area contributed by atoms with Gasteiger partial charge in [-0.05, 0) is 34.6 Å². The summed E-state index contributed by atoms with van der Waals surface area (Å²) in [4.78, 5) is 0. The van der Waals surface area contributed by atoms with E-state index in [-0.39, 0.29) is 12.3 Å². The van der Waals surface area contributed by atoms with Gasteiger partial charge in [0, 0.05) is 11.8 Å². The number of fused-ring (bicyclic) bond motifs is 1. The van der Waals surface area contributed by atoms with Gasteiger partial charge < -0.3 is 4.74 Å². The molecule has 0 amide bonds. The number of ether oxygens (including phenoxy) is 1. The monoisotopic (exact) mass is 480 g/mol. The minimum Gasteiger partial charge on any atom is -0.357 e. The third-order valence-corrected chi connectivity index (χ3v) is 7.04. The van der Waals surface area contributed by atoms with Crippen LogP contribution in [-0.2, 0) is 14.9 Å². The van der Waals surface area contributed by atoms with Crippen molar-refractivity contribution in [2.24, 2.45) is 5.92 Å². The van der Waals surface area contributed by atoms with Crippen LogP contribution in [0.4, 0.5) is 26.3 Å². The van der Waals surface area contributed by atoms with E-state index in [1.54, 1.807) is 24.3 Å². The minimum absolute atomic E-state index is 0.228. The Morgan fingerprint density at radius 2 is 1.28 bits per heavy atom. The molecule has 174 valence electrons. The highest BCUT2D eigenvalue weighted by atomic mass is 32.2. The van der Waals surface area contributed by atoms with Crippen molar-refractivity contribution in [3.05, 3.63) is 70.8 Å². The molecule has 0 saturated heterocycles. The summed E-state index contributed by atoms with van der Waals surface area (Å²) in [6, 6.07) is 14.5. The van der Waals surface area contributed by atoms with Crippen molar-refractivity contribution in [1.82, 2.24) is 0 Å². The van der Waals surface area contributed by atoms with Crippen LogP contribution < -0.4 is 0 Å². The van der Waals surface area contributed by atoms with Crippen LogP contribution in [0.25, 0.3) is 0 Å². The molecule has 3 aliphatic rings. The van der Waals surface area contributed by atoms with Crippen LogP contribution in [0.15, 0.2) is 48.5 Å². The number of benzene rings is 2. The lowest BCUT2D eigenvalue weighted by molar-refractivity contribution is -0.374. The molecule has 0 radical (unpaired) electrons. The molecule has 0 heterocycles. The first kappa shape index (κ1) is 23.1. The van der Waals surface area contributed by atoms with Crippen molar-refractivity contribution in [3.8, 4) is 0 Å². The summed E-state index contributed by atoms with van der Waals surface area (Å²) >= 11 is 0. The average molecular weight is 480 g/mol. The zero-order valence-corrected chi connectivity index (χ0v) is 17.1. The number of halogens is 6. The molecule has 2 bridgehead atoms. The van der Waals surface area contributed by atoms with Gasteiger partial charge in [-0.2, -0.15) is 34.8 Å². The zero-order valence-electron chi connectivity index (χ0n) is 16.3. The highest BCUT2D eigenvalue weighted by Gasteiger charge is 2.74. The number of hydrogen-bond donors (Lipinski definition) is 1. The molecule has 1 atom stereocenters. The van der Waals surface area contributed by atoms with E-state index in [1.807, 2.05) is 24.3 Å². The van der Waals surface area contributed by atoms with E-state index in [4.69, 9.17) is 4.55 Å². The summed E-state index contributed by atoms with van der Waals surface area (Å²) in [5, 5.41) is 0. The summed E-state index contributed by atoms with van der Waals surface area (Å²) in [5.74, 6) is -4.15. The molecule has 0 spiro atoms. The first-order valence-corrected chi connectivity index (χ1v) is 11.3. The quantitative estimate of drug-likeness (QED) is 0.481. The molecule has 4 nitrogen and oxygen atoms in total. The van der Waals surface area contributed by atoms with Crippen molar-refractivity contribution in [1.29, 1.82) is 0 Å². The largest absolute Gasteiger partial charge is 0.427 e. The van der Waals surface area contributed by atoms with Crippen LogP contribution in [0.1, 0.15) is 40.5 Å². The highest BCUT2D eigenvalue weighted by molar-refractivity contribution is 7.85. The SMILES string of the molecule is O=S(=O)(O)CC(OCC1CC2c3ccccc3C1c1ccccc12)(C(F)(F)F)C(F)(F)F. The maximum atomic E-state index is 13.6. The second kappa shape index (κ2) is 7.46. The van der Waals surface area contributed by atoms with E-state index in [1.165, 1.54) is 0 Å². The molecule has 3 aliphatic carbocycles. The first-order valence-electron chi connectivity index (χ1n) is 9.65. The third-order valence-electron chi connectivity index (χ3n) is 6.27. The van der Waals surface area contributed by atoms with Crippen LogP contribution in [0.3, 0.4) is 0 Å². The molecule has 2 aromatic carbocycles. The molecule has 32 heavy (non-hydrogen) atoms. The van der Waals surface area contributed by atoms with Gasteiger partial charge in [-0.25, -0.2) is 0 Å². The third kappa shape index (κ3) is 3.69. The Bertz CT molecular complexity index is 1060. The zero-order chi connectivity index (χ0) is 23.5. The van der Waals surface area contributed by atoms with Crippen molar-refractivity contribution in [2.45, 2.75) is 36.2 Å². The Morgan fingerprint density at radius 1 is 0.844 bits per heavy atom. The molecule has 0 aliphatic heterocycles. The number of alkyl halides is 6. The Kier molecular flexibility index (Phi) is 5.38. The van der Waals surface area contributed by atoms with E-state index in [9.17, 15) is 34.8 Å². The smallest absolute Gasteiger partial charge is 0.357 e. The summed E-state index contributed by atoms with van der Waals surface area (Å²) in [7, 11) is -5.67. The first-order chi connectivity index (χ1) is 14.8. The number of hydrogen-bond acceptors (Lipinski definition) is 3. The predicted octanol–water partition coefficient (Wildman–Crippen LogP) is 5.05. The standard InChI is InChI=1S/C21H18F6O4S/c22-20(23,24)19(21(25,26)27,11-32(28,29)30)31-10-12-9-17-13-5-1-3-7-15(13)18(12)16-8-4-2-6-14(16)17/h1-8,12,17-18H,9-11H2,(H,28,29,30). The molecule has 11 heteroatoms. The maximum absolute atomic E-state index is 13.6. The lowest BCUT2D eigenvalue weighted by Crippen LogP contribution is -2.63. The van der Waals surface area contributed by atoms with E-state index in [2.05, 4.69) is 4.74 Å². The van der Waals surface area contributed by atoms with Gasteiger partial charge in [0.2, 0.25) is 0 Å². The van der Waals surface area contributed by atoms with Gasteiger partial charge in [-0.1, -0.05) is 48.5 Å². The molecule has 1 unspecified atom stereocenters. The molecule has 1 N–H and O–H groups in total. The van der Waals surface area contributed by atoms with Gasteiger partial charge in [0.05, 0.1) is 6.61 Å². The average Bonchev–Trinajstić information content (AvgIpc) is 2.68. The Balaban J connectivity index is 1.73. The van der Waals surface area contributed by atoms with Gasteiger partial charge in [-0.15, -0.1) is 0 Å². The van der Waals surface area contributed by atoms with Crippen LogP contribution in [0, 0.1) is 5.92 Å². The fourth-order valence-corrected chi connectivity index (χ4v) is 5.88. The van der Waals surface area contributed by atoms with Crippen molar-refractivity contribution >= 4 is 10.1 Å². The molecular weight excluding hydrogens is 462 g/mol. The second-order valence-electron chi connectivity index (χ2n) is 8.14. The van der Waals surface area contributed by atoms with Crippen LogP contribution in [0.2, 0.25) is 0 Å². The molecule has 2 aromatic rings. The van der Waals surface area contributed by atoms with Crippen LogP contribution >= 0.6 is 0 Å². The highest BCUT2D eigenvalue weighted by Crippen LogP contribution is 2.56. The van der Waals surface area contributed by atoms with Crippen LogP contribution in [-0.4, -0.2) is 43.3 Å². The minimum atomic E-state index is -6.12. The van der Waals surface area contributed by atoms with Gasteiger partial charge in [0.25, 0.3) is 15.7 Å². The Hall–Kier alpha value is -2.11. The lowest BCUT2D eigenvalue weighted by atomic mass is 9.59. The Morgan fingerprint density at radius 3 is 1.69 bits per heavy atom. The van der Waals surface area contributed by atoms with E-state index in [0.29, 0.717) is 0 Å². The molecule has 0 saturated carbocycles. The fourth-order valence-electron chi connectivity index (χ4n) is 4.96. The van der Waals surface area contributed by atoms with Gasteiger partial charge in [-0.3, -0.25) is 4.55 Å². The normalized spacial score (nSPS) is 23.0. The second-order valence-corrected chi connectivity index (χ2v) is 9.60. The topological polar surface area (TPSA) is 63.6 Å². The summed E-state index contributed by atoms with van der Waals surface area (Å²) in [6.45, 7) is -0.988. The van der Waals surface area contributed by atoms with Crippen LogP contribution in [0.5, 0.6) is 0 Å². The van der Waals surface area contributed by atoms with Crippen molar-refractivity contribution in [2.75, 3.05) is 12.4 Å². The van der Waals surface area contributed by atoms with Crippen molar-refractivity contribution in [3.63, 3.8) is 0 Å². The molecule has 0 fully saturated rings. The summed E-state index contributed by atoms with van der Waals surface area (Å²) in [5.41, 5.74) is -1.51. The van der Waals surface area contributed by atoms with Crippen molar-refractivity contribution < 1.29 is 44.0 Å². The van der Waals surface area contributed by atoms with Gasteiger partial charge >= 0.3 is 12.4 Å². The number of rotatable bonds is 5. The van der Waals surface area contributed by atoms with E-state index < -0.39 is 52.3 Å². The summed E-state index contributed by atoms with van der Waals surface area (Å²) < 4.78 is 117. The maximum Gasteiger partial charge on any atom is 0.427 e. The Labute approximate surface area is 179 Å². The fraction of sp³-hybridized carbons (Fsp3) is 0.429. The molecular formula is C21H18F6O4S. The van der Waals surface area contributed by atoms with E-state index >= 15 is 0 Å². The molecule has 5 rings (SSSR count).